The summed E-state index contributed by atoms with van der Waals surface area (Å²) in [6.07, 6.45) is 6.16. The van der Waals surface area contributed by atoms with Gasteiger partial charge < -0.3 is 20.0 Å². The highest BCUT2D eigenvalue weighted by atomic mass is 16.3. The van der Waals surface area contributed by atoms with E-state index in [1.807, 2.05) is 24.0 Å². The van der Waals surface area contributed by atoms with Crippen molar-refractivity contribution in [2.75, 3.05) is 25.0 Å². The minimum Gasteiger partial charge on any atom is -0.459 e. The van der Waals surface area contributed by atoms with Crippen LogP contribution in [0.4, 0.5) is 5.69 Å². The number of carbonyl (C=O) groups is 2. The van der Waals surface area contributed by atoms with Crippen LogP contribution in [0, 0.1) is 12.8 Å². The highest BCUT2D eigenvalue weighted by Crippen LogP contribution is 2.28. The zero-order valence-electron chi connectivity index (χ0n) is 16.2. The van der Waals surface area contributed by atoms with Gasteiger partial charge in [-0.05, 0) is 74.9 Å². The summed E-state index contributed by atoms with van der Waals surface area (Å²) in [6.45, 7) is 4.56. The summed E-state index contributed by atoms with van der Waals surface area (Å²) in [5.41, 5.74) is 2.14. The minimum atomic E-state index is -0.319. The van der Waals surface area contributed by atoms with E-state index in [9.17, 15) is 9.59 Å². The fourth-order valence-electron chi connectivity index (χ4n) is 3.61. The molecule has 0 atom stereocenters. The van der Waals surface area contributed by atoms with Crippen LogP contribution in [0.3, 0.4) is 0 Å². The number of anilines is 1. The third-order valence-corrected chi connectivity index (χ3v) is 5.65. The molecule has 2 heterocycles. The molecule has 6 nitrogen and oxygen atoms in total. The van der Waals surface area contributed by atoms with E-state index in [1.165, 1.54) is 19.1 Å². The number of piperidine rings is 1. The second kappa shape index (κ2) is 8.19. The normalized spacial score (nSPS) is 17.5. The largest absolute Gasteiger partial charge is 0.459 e. The standard InChI is InChI=1S/C22H27N3O3/c1-15-4-7-17(13-19(15)24-21(26)20-3-2-12-28-20)22(27)25-10-8-18(9-11-25)23-14-16-5-6-16/h2-4,7,12-13,16,18,23H,5-6,8-11,14H2,1H3,(H,24,26). The number of likely N-dealkylation sites (tertiary alicyclic amines) is 1. The average molecular weight is 381 g/mol. The first kappa shape index (κ1) is 18.7. The van der Waals surface area contributed by atoms with Gasteiger partial charge in [-0.3, -0.25) is 9.59 Å². The molecule has 148 valence electrons. The number of carbonyl (C=O) groups excluding carboxylic acids is 2. The van der Waals surface area contributed by atoms with Crippen molar-refractivity contribution in [1.82, 2.24) is 10.2 Å². The smallest absolute Gasteiger partial charge is 0.291 e. The Hall–Kier alpha value is -2.60. The zero-order chi connectivity index (χ0) is 19.5. The van der Waals surface area contributed by atoms with Crippen LogP contribution in [0.5, 0.6) is 0 Å². The average Bonchev–Trinajstić information content (AvgIpc) is 3.38. The number of aryl methyl sites for hydroxylation is 1. The van der Waals surface area contributed by atoms with Gasteiger partial charge >= 0.3 is 0 Å². The summed E-state index contributed by atoms with van der Waals surface area (Å²) in [6, 6.07) is 9.26. The highest BCUT2D eigenvalue weighted by Gasteiger charge is 2.26. The lowest BCUT2D eigenvalue weighted by molar-refractivity contribution is 0.0704. The summed E-state index contributed by atoms with van der Waals surface area (Å²) in [7, 11) is 0. The van der Waals surface area contributed by atoms with Gasteiger partial charge in [0.15, 0.2) is 5.76 Å². The maximum Gasteiger partial charge on any atom is 0.291 e. The molecular formula is C22H27N3O3. The minimum absolute atomic E-state index is 0.0224. The van der Waals surface area contributed by atoms with Crippen molar-refractivity contribution in [2.45, 2.75) is 38.6 Å². The third kappa shape index (κ3) is 4.44. The van der Waals surface area contributed by atoms with Crippen molar-refractivity contribution >= 4 is 17.5 Å². The Bertz CT molecular complexity index is 835. The number of amides is 2. The van der Waals surface area contributed by atoms with E-state index < -0.39 is 0 Å². The molecule has 2 N–H and O–H groups in total. The van der Waals surface area contributed by atoms with Crippen LogP contribution in [0.1, 0.15) is 52.2 Å². The van der Waals surface area contributed by atoms with Crippen LogP contribution >= 0.6 is 0 Å². The molecule has 4 rings (SSSR count). The van der Waals surface area contributed by atoms with Gasteiger partial charge in [-0.1, -0.05) is 6.07 Å². The van der Waals surface area contributed by atoms with E-state index >= 15 is 0 Å². The lowest BCUT2D eigenvalue weighted by Gasteiger charge is -2.32. The Morgan fingerprint density at radius 1 is 1.14 bits per heavy atom. The van der Waals surface area contributed by atoms with Gasteiger partial charge in [0.25, 0.3) is 11.8 Å². The number of hydrogen-bond acceptors (Lipinski definition) is 4. The predicted molar refractivity (Wildman–Crippen MR) is 107 cm³/mol. The first-order valence-corrected chi connectivity index (χ1v) is 10.1. The van der Waals surface area contributed by atoms with Gasteiger partial charge in [-0.2, -0.15) is 0 Å². The molecule has 0 unspecified atom stereocenters. The number of hydrogen-bond donors (Lipinski definition) is 2. The van der Waals surface area contributed by atoms with Crippen molar-refractivity contribution in [3.05, 3.63) is 53.5 Å². The molecule has 1 aliphatic carbocycles. The molecule has 1 saturated heterocycles. The van der Waals surface area contributed by atoms with Crippen molar-refractivity contribution < 1.29 is 14.0 Å². The van der Waals surface area contributed by atoms with Crippen molar-refractivity contribution in [1.29, 1.82) is 0 Å². The number of nitrogens with zero attached hydrogens (tertiary/aromatic N) is 1. The maximum absolute atomic E-state index is 12.9. The van der Waals surface area contributed by atoms with E-state index in [1.54, 1.807) is 18.2 Å². The lowest BCUT2D eigenvalue weighted by atomic mass is 10.0. The summed E-state index contributed by atoms with van der Waals surface area (Å²) in [5, 5.41) is 6.48. The fraction of sp³-hybridized carbons (Fsp3) is 0.455. The molecule has 0 spiro atoms. The monoisotopic (exact) mass is 381 g/mol. The molecule has 1 saturated carbocycles. The molecule has 1 aromatic heterocycles. The Morgan fingerprint density at radius 3 is 2.61 bits per heavy atom. The molecule has 1 aromatic carbocycles. The van der Waals surface area contributed by atoms with E-state index in [0.717, 1.165) is 44.0 Å². The molecule has 2 aromatic rings. The molecule has 2 aliphatic rings. The van der Waals surface area contributed by atoms with Gasteiger partial charge in [0, 0.05) is 30.4 Å². The number of furan rings is 1. The summed E-state index contributed by atoms with van der Waals surface area (Å²) >= 11 is 0. The van der Waals surface area contributed by atoms with Gasteiger partial charge in [-0.25, -0.2) is 0 Å². The number of rotatable bonds is 6. The Kier molecular flexibility index (Phi) is 5.48. The Labute approximate surface area is 165 Å². The SMILES string of the molecule is Cc1ccc(C(=O)N2CCC(NCC3CC3)CC2)cc1NC(=O)c1ccco1. The highest BCUT2D eigenvalue weighted by molar-refractivity contribution is 6.03. The van der Waals surface area contributed by atoms with Crippen LogP contribution < -0.4 is 10.6 Å². The van der Waals surface area contributed by atoms with Crippen LogP contribution in [-0.2, 0) is 0 Å². The number of nitrogens with one attached hydrogen (secondary N) is 2. The summed E-state index contributed by atoms with van der Waals surface area (Å²) in [5.74, 6) is 0.827. The van der Waals surface area contributed by atoms with Gasteiger partial charge in [0.1, 0.15) is 0 Å². The van der Waals surface area contributed by atoms with Gasteiger partial charge in [0.2, 0.25) is 0 Å². The number of benzene rings is 1. The second-order valence-corrected chi connectivity index (χ2v) is 7.88. The summed E-state index contributed by atoms with van der Waals surface area (Å²) in [4.78, 5) is 27.1. The third-order valence-electron chi connectivity index (χ3n) is 5.65. The van der Waals surface area contributed by atoms with Crippen LogP contribution in [0.25, 0.3) is 0 Å². The van der Waals surface area contributed by atoms with Gasteiger partial charge in [0.05, 0.1) is 6.26 Å². The Morgan fingerprint density at radius 2 is 1.93 bits per heavy atom. The molecule has 6 heteroatoms. The molecule has 28 heavy (non-hydrogen) atoms. The second-order valence-electron chi connectivity index (χ2n) is 7.88. The quantitative estimate of drug-likeness (QED) is 0.804. The molecule has 0 bridgehead atoms. The first-order chi connectivity index (χ1) is 13.6. The van der Waals surface area contributed by atoms with E-state index in [-0.39, 0.29) is 17.6 Å². The molecule has 0 radical (unpaired) electrons. The van der Waals surface area contributed by atoms with Crippen LogP contribution in [-0.4, -0.2) is 42.4 Å². The fourth-order valence-corrected chi connectivity index (χ4v) is 3.61. The van der Waals surface area contributed by atoms with Gasteiger partial charge in [-0.15, -0.1) is 0 Å². The van der Waals surface area contributed by atoms with Crippen molar-refractivity contribution in [2.24, 2.45) is 5.92 Å². The van der Waals surface area contributed by atoms with Crippen LogP contribution in [0.2, 0.25) is 0 Å². The summed E-state index contributed by atoms with van der Waals surface area (Å²) < 4.78 is 5.14. The van der Waals surface area contributed by atoms with E-state index in [0.29, 0.717) is 17.3 Å². The lowest BCUT2D eigenvalue weighted by Crippen LogP contribution is -2.45. The Balaban J connectivity index is 1.37. The van der Waals surface area contributed by atoms with E-state index in [4.69, 9.17) is 4.42 Å². The van der Waals surface area contributed by atoms with Crippen molar-refractivity contribution in [3.63, 3.8) is 0 Å². The zero-order valence-corrected chi connectivity index (χ0v) is 16.2. The molecule has 2 amide bonds. The van der Waals surface area contributed by atoms with Crippen LogP contribution in [0.15, 0.2) is 41.0 Å². The topological polar surface area (TPSA) is 74.6 Å². The predicted octanol–water partition coefficient (Wildman–Crippen LogP) is 3.44. The van der Waals surface area contributed by atoms with E-state index in [2.05, 4.69) is 10.6 Å². The first-order valence-electron chi connectivity index (χ1n) is 10.1. The van der Waals surface area contributed by atoms with Crippen molar-refractivity contribution in [3.8, 4) is 0 Å². The molecule has 1 aliphatic heterocycles. The molecule has 2 fully saturated rings. The molecular weight excluding hydrogens is 354 g/mol. The maximum atomic E-state index is 12.9.